The second kappa shape index (κ2) is 7.29. The van der Waals surface area contributed by atoms with E-state index in [2.05, 4.69) is 4.99 Å². The normalized spacial score (nSPS) is 18.1. The van der Waals surface area contributed by atoms with Gasteiger partial charge in [-0.15, -0.1) is 0 Å². The van der Waals surface area contributed by atoms with E-state index >= 15 is 0 Å². The zero-order chi connectivity index (χ0) is 14.4. The molecule has 1 atom stereocenters. The van der Waals surface area contributed by atoms with Crippen LogP contribution in [0.5, 0.6) is 0 Å². The third-order valence-electron chi connectivity index (χ3n) is 3.31. The van der Waals surface area contributed by atoms with E-state index in [0.29, 0.717) is 17.2 Å². The molecule has 0 spiro atoms. The molecule has 1 unspecified atom stereocenters. The van der Waals surface area contributed by atoms with E-state index in [1.54, 1.807) is 0 Å². The van der Waals surface area contributed by atoms with Crippen LogP contribution in [0.3, 0.4) is 0 Å². The van der Waals surface area contributed by atoms with Gasteiger partial charge in [0.2, 0.25) is 0 Å². The topological polar surface area (TPSA) is 21.6 Å². The molecule has 1 aliphatic heterocycles. The Bertz CT molecular complexity index is 511. The summed E-state index contributed by atoms with van der Waals surface area (Å²) in [5.41, 5.74) is 0.943. The van der Waals surface area contributed by atoms with E-state index in [0.717, 1.165) is 38.5 Å². The molecule has 0 amide bonds. The number of halogens is 2. The Morgan fingerprint density at radius 2 is 2.20 bits per heavy atom. The first-order valence-corrected chi connectivity index (χ1v) is 6.98. The van der Waals surface area contributed by atoms with Crippen molar-refractivity contribution in [3.8, 4) is 0 Å². The molecule has 0 radical (unpaired) electrons. The molecule has 0 bridgehead atoms. The van der Waals surface area contributed by atoms with Crippen LogP contribution in [0.2, 0.25) is 0 Å². The molecule has 0 saturated heterocycles. The molecule has 0 aliphatic carbocycles. The van der Waals surface area contributed by atoms with Gasteiger partial charge in [0.1, 0.15) is 11.6 Å². The van der Waals surface area contributed by atoms with Gasteiger partial charge in [0.15, 0.2) is 0 Å². The molecule has 2 rings (SSSR count). The average molecular weight is 279 g/mol. The number of allylic oxidation sites excluding steroid dienone is 1. The van der Waals surface area contributed by atoms with Gasteiger partial charge in [0, 0.05) is 31.1 Å². The van der Waals surface area contributed by atoms with Gasteiger partial charge in [-0.1, -0.05) is 6.08 Å². The summed E-state index contributed by atoms with van der Waals surface area (Å²) < 4.78 is 31.8. The number of nitrogens with zero attached hydrogens (tertiary/aromatic N) is 1. The lowest BCUT2D eigenvalue weighted by Crippen LogP contribution is -2.07. The van der Waals surface area contributed by atoms with E-state index in [-0.39, 0.29) is 0 Å². The van der Waals surface area contributed by atoms with Crippen molar-refractivity contribution in [2.24, 2.45) is 10.9 Å². The molecule has 1 aromatic carbocycles. The minimum absolute atomic E-state index is 0.357. The van der Waals surface area contributed by atoms with E-state index in [1.165, 1.54) is 12.1 Å². The van der Waals surface area contributed by atoms with Crippen LogP contribution in [0.4, 0.5) is 8.78 Å². The van der Waals surface area contributed by atoms with Crippen LogP contribution in [-0.2, 0) is 4.74 Å². The Labute approximate surface area is 118 Å². The van der Waals surface area contributed by atoms with Crippen LogP contribution < -0.4 is 0 Å². The second-order valence-corrected chi connectivity index (χ2v) is 4.83. The highest BCUT2D eigenvalue weighted by atomic mass is 19.1. The fourth-order valence-electron chi connectivity index (χ4n) is 2.22. The number of ether oxygens (including phenoxy) is 1. The summed E-state index contributed by atoms with van der Waals surface area (Å²) in [4.78, 5) is 4.30. The average Bonchev–Trinajstić information content (AvgIpc) is 2.45. The quantitative estimate of drug-likeness (QED) is 0.715. The van der Waals surface area contributed by atoms with Crippen LogP contribution in [-0.4, -0.2) is 19.4 Å². The number of hydrogen-bond acceptors (Lipinski definition) is 2. The van der Waals surface area contributed by atoms with Crippen molar-refractivity contribution >= 4 is 11.9 Å². The first-order chi connectivity index (χ1) is 9.70. The summed E-state index contributed by atoms with van der Waals surface area (Å²) in [6, 6.07) is 3.58. The Morgan fingerprint density at radius 3 is 2.85 bits per heavy atom. The monoisotopic (exact) mass is 279 g/mol. The van der Waals surface area contributed by atoms with E-state index in [4.69, 9.17) is 4.74 Å². The largest absolute Gasteiger partial charge is 0.382 e. The van der Waals surface area contributed by atoms with Gasteiger partial charge in [-0.3, -0.25) is 4.99 Å². The molecule has 0 fully saturated rings. The fourth-order valence-corrected chi connectivity index (χ4v) is 2.22. The number of aliphatic imine (C=N–C) groups is 1. The van der Waals surface area contributed by atoms with Crippen molar-refractivity contribution in [1.82, 2.24) is 0 Å². The maximum Gasteiger partial charge on any atom is 0.135 e. The van der Waals surface area contributed by atoms with Crippen LogP contribution in [0.1, 0.15) is 31.7 Å². The fraction of sp³-hybridized carbons (Fsp3) is 0.438. The summed E-state index contributed by atoms with van der Waals surface area (Å²) in [6.45, 7) is 3.49. The molecule has 20 heavy (non-hydrogen) atoms. The van der Waals surface area contributed by atoms with Crippen LogP contribution in [0, 0.1) is 17.6 Å². The van der Waals surface area contributed by atoms with Gasteiger partial charge >= 0.3 is 0 Å². The Kier molecular flexibility index (Phi) is 5.41. The van der Waals surface area contributed by atoms with Gasteiger partial charge in [-0.2, -0.15) is 0 Å². The van der Waals surface area contributed by atoms with Gasteiger partial charge in [-0.25, -0.2) is 8.78 Å². The van der Waals surface area contributed by atoms with Crippen molar-refractivity contribution < 1.29 is 13.5 Å². The standard InChI is InChI=1S/C16H19F2NO/c1-2-20-9-3-4-12-5-8-16(19-11-12)14-7-6-13(17)10-15(14)18/h6-8,10-12H,2-5,9H2,1H3. The maximum atomic E-state index is 13.6. The lowest BCUT2D eigenvalue weighted by molar-refractivity contribution is 0.141. The lowest BCUT2D eigenvalue weighted by Gasteiger charge is -2.15. The van der Waals surface area contributed by atoms with Crippen molar-refractivity contribution in [2.45, 2.75) is 26.2 Å². The van der Waals surface area contributed by atoms with E-state index in [9.17, 15) is 8.78 Å². The number of rotatable bonds is 6. The molecule has 0 saturated carbocycles. The summed E-state index contributed by atoms with van der Waals surface area (Å²) in [6.07, 6.45) is 6.63. The van der Waals surface area contributed by atoms with Gasteiger partial charge in [-0.05, 0) is 44.2 Å². The molecule has 1 aliphatic rings. The van der Waals surface area contributed by atoms with Crippen molar-refractivity contribution in [2.75, 3.05) is 13.2 Å². The molecule has 0 aromatic heterocycles. The third kappa shape index (κ3) is 3.97. The predicted octanol–water partition coefficient (Wildman–Crippen LogP) is 4.21. The summed E-state index contributed by atoms with van der Waals surface area (Å²) in [5.74, 6) is -0.758. The molecule has 2 nitrogen and oxygen atoms in total. The van der Waals surface area contributed by atoms with Gasteiger partial charge in [0.25, 0.3) is 0 Å². The highest BCUT2D eigenvalue weighted by molar-refractivity contribution is 5.78. The SMILES string of the molecule is CCOCCCC1C=NC(c2ccc(F)cc2F)=CC1. The minimum Gasteiger partial charge on any atom is -0.382 e. The Balaban J connectivity index is 1.91. The van der Waals surface area contributed by atoms with Crippen molar-refractivity contribution in [3.05, 3.63) is 41.5 Å². The molecular weight excluding hydrogens is 260 g/mol. The van der Waals surface area contributed by atoms with Crippen LogP contribution >= 0.6 is 0 Å². The van der Waals surface area contributed by atoms with Gasteiger partial charge in [0.05, 0.1) is 5.70 Å². The third-order valence-corrected chi connectivity index (χ3v) is 3.31. The van der Waals surface area contributed by atoms with Crippen molar-refractivity contribution in [1.29, 1.82) is 0 Å². The molecule has 108 valence electrons. The van der Waals surface area contributed by atoms with E-state index < -0.39 is 11.6 Å². The summed E-state index contributed by atoms with van der Waals surface area (Å²) >= 11 is 0. The van der Waals surface area contributed by atoms with Crippen LogP contribution in [0.15, 0.2) is 29.3 Å². The summed E-state index contributed by atoms with van der Waals surface area (Å²) in [5, 5.41) is 0. The first-order valence-electron chi connectivity index (χ1n) is 6.98. The van der Waals surface area contributed by atoms with Crippen molar-refractivity contribution in [3.63, 3.8) is 0 Å². The zero-order valence-corrected chi connectivity index (χ0v) is 11.6. The number of hydrogen-bond donors (Lipinski definition) is 0. The smallest absolute Gasteiger partial charge is 0.135 e. The highest BCUT2D eigenvalue weighted by Gasteiger charge is 2.14. The highest BCUT2D eigenvalue weighted by Crippen LogP contribution is 2.26. The second-order valence-electron chi connectivity index (χ2n) is 4.83. The number of benzene rings is 1. The molecule has 0 N–H and O–H groups in total. The first kappa shape index (κ1) is 14.9. The lowest BCUT2D eigenvalue weighted by atomic mass is 9.97. The molecule has 1 aromatic rings. The Hall–Kier alpha value is -1.55. The minimum atomic E-state index is -0.569. The van der Waals surface area contributed by atoms with Crippen LogP contribution in [0.25, 0.3) is 5.70 Å². The molecule has 1 heterocycles. The maximum absolute atomic E-state index is 13.6. The van der Waals surface area contributed by atoms with E-state index in [1.807, 2.05) is 19.2 Å². The van der Waals surface area contributed by atoms with Gasteiger partial charge < -0.3 is 4.74 Å². The predicted molar refractivity (Wildman–Crippen MR) is 76.7 cm³/mol. The molecule has 4 heteroatoms. The molecular formula is C16H19F2NO. The summed E-state index contributed by atoms with van der Waals surface area (Å²) in [7, 11) is 0. The zero-order valence-electron chi connectivity index (χ0n) is 11.6. The Morgan fingerprint density at radius 1 is 1.35 bits per heavy atom.